The zero-order valence-electron chi connectivity index (χ0n) is 11.1. The number of carbonyl (C=O) groups is 2. The average molecular weight is 297 g/mol. The number of carboxylic acids is 2. The van der Waals surface area contributed by atoms with Gasteiger partial charge >= 0.3 is 11.9 Å². The molecule has 0 aliphatic carbocycles. The molecular formula is C14H19NO4S. The van der Waals surface area contributed by atoms with Crippen LogP contribution in [0.2, 0.25) is 0 Å². The van der Waals surface area contributed by atoms with Gasteiger partial charge in [-0.2, -0.15) is 0 Å². The van der Waals surface area contributed by atoms with Gasteiger partial charge in [0.25, 0.3) is 0 Å². The Hall–Kier alpha value is -1.95. The molecule has 0 amide bonds. The maximum Gasteiger partial charge on any atom is 0.303 e. The number of unbranched alkanes of at least 4 members (excludes halogenated alkanes) is 2. The van der Waals surface area contributed by atoms with Gasteiger partial charge in [-0.15, -0.1) is 0 Å². The van der Waals surface area contributed by atoms with Crippen LogP contribution in [0.5, 0.6) is 0 Å². The highest BCUT2D eigenvalue weighted by Crippen LogP contribution is 2.02. The molecule has 0 saturated carbocycles. The molecule has 0 bridgehead atoms. The first-order valence-electron chi connectivity index (χ1n) is 6.22. The molecule has 110 valence electrons. The van der Waals surface area contributed by atoms with E-state index in [0.29, 0.717) is 24.3 Å². The van der Waals surface area contributed by atoms with E-state index in [2.05, 4.69) is 0 Å². The van der Waals surface area contributed by atoms with Gasteiger partial charge in [-0.1, -0.05) is 49.0 Å². The van der Waals surface area contributed by atoms with Gasteiger partial charge in [0.2, 0.25) is 0 Å². The molecule has 0 aliphatic rings. The Balaban J connectivity index is 0.000000367. The van der Waals surface area contributed by atoms with E-state index in [-0.39, 0.29) is 12.8 Å². The molecule has 0 spiro atoms. The largest absolute Gasteiger partial charge is 0.481 e. The van der Waals surface area contributed by atoms with Crippen molar-refractivity contribution >= 4 is 29.1 Å². The molecule has 20 heavy (non-hydrogen) atoms. The molecule has 0 heterocycles. The first-order chi connectivity index (χ1) is 9.43. The Morgan fingerprint density at radius 3 is 1.70 bits per heavy atom. The highest BCUT2D eigenvalue weighted by atomic mass is 32.1. The zero-order chi connectivity index (χ0) is 15.4. The lowest BCUT2D eigenvalue weighted by Crippen LogP contribution is -2.08. The van der Waals surface area contributed by atoms with Gasteiger partial charge < -0.3 is 15.9 Å². The zero-order valence-corrected chi connectivity index (χ0v) is 11.9. The van der Waals surface area contributed by atoms with Gasteiger partial charge in [-0.25, -0.2) is 0 Å². The SMILES string of the molecule is NC(=S)c1ccccc1.O=C(O)CCCCCC(=O)O. The topological polar surface area (TPSA) is 101 Å². The van der Waals surface area contributed by atoms with Gasteiger partial charge in [-0.05, 0) is 12.8 Å². The third-order valence-corrected chi connectivity index (χ3v) is 2.58. The van der Waals surface area contributed by atoms with Crippen LogP contribution in [-0.2, 0) is 9.59 Å². The summed E-state index contributed by atoms with van der Waals surface area (Å²) in [6, 6.07) is 9.54. The van der Waals surface area contributed by atoms with Crippen LogP contribution in [0.4, 0.5) is 0 Å². The highest BCUT2D eigenvalue weighted by Gasteiger charge is 1.98. The van der Waals surface area contributed by atoms with Crippen molar-refractivity contribution in [1.29, 1.82) is 0 Å². The van der Waals surface area contributed by atoms with Crippen LogP contribution in [0.15, 0.2) is 30.3 Å². The summed E-state index contributed by atoms with van der Waals surface area (Å²) in [6.45, 7) is 0. The van der Waals surface area contributed by atoms with Crippen LogP contribution >= 0.6 is 12.2 Å². The van der Waals surface area contributed by atoms with Crippen molar-refractivity contribution in [3.63, 3.8) is 0 Å². The Labute approximate surface area is 123 Å². The van der Waals surface area contributed by atoms with Crippen molar-refractivity contribution in [1.82, 2.24) is 0 Å². The van der Waals surface area contributed by atoms with Crippen LogP contribution < -0.4 is 5.73 Å². The van der Waals surface area contributed by atoms with Crippen molar-refractivity contribution < 1.29 is 19.8 Å². The Kier molecular flexibility index (Phi) is 9.86. The third-order valence-electron chi connectivity index (χ3n) is 2.34. The van der Waals surface area contributed by atoms with Crippen LogP contribution in [0, 0.1) is 0 Å². The highest BCUT2D eigenvalue weighted by molar-refractivity contribution is 7.80. The minimum Gasteiger partial charge on any atom is -0.481 e. The maximum atomic E-state index is 9.98. The Morgan fingerprint density at radius 1 is 0.950 bits per heavy atom. The summed E-state index contributed by atoms with van der Waals surface area (Å²) in [4.78, 5) is 20.4. The van der Waals surface area contributed by atoms with E-state index >= 15 is 0 Å². The molecule has 6 heteroatoms. The number of aliphatic carboxylic acids is 2. The molecule has 1 aromatic rings. The molecule has 0 aliphatic heterocycles. The Morgan fingerprint density at radius 2 is 1.40 bits per heavy atom. The summed E-state index contributed by atoms with van der Waals surface area (Å²) < 4.78 is 0. The number of nitrogens with two attached hydrogens (primary N) is 1. The molecule has 5 nitrogen and oxygen atoms in total. The Bertz CT molecular complexity index is 418. The van der Waals surface area contributed by atoms with E-state index in [1.807, 2.05) is 30.3 Å². The summed E-state index contributed by atoms with van der Waals surface area (Å²) in [5.41, 5.74) is 6.27. The monoisotopic (exact) mass is 297 g/mol. The predicted octanol–water partition coefficient (Wildman–Crippen LogP) is 2.43. The van der Waals surface area contributed by atoms with Crippen LogP contribution in [0.3, 0.4) is 0 Å². The van der Waals surface area contributed by atoms with Gasteiger partial charge in [0.1, 0.15) is 4.99 Å². The van der Waals surface area contributed by atoms with Crippen molar-refractivity contribution in [3.8, 4) is 0 Å². The van der Waals surface area contributed by atoms with Crippen molar-refractivity contribution in [2.24, 2.45) is 5.73 Å². The fraction of sp³-hybridized carbons (Fsp3) is 0.357. The second-order valence-corrected chi connectivity index (χ2v) is 4.52. The fourth-order valence-electron chi connectivity index (χ4n) is 1.33. The minimum atomic E-state index is -0.819. The lowest BCUT2D eigenvalue weighted by atomic mass is 10.1. The standard InChI is InChI=1S/C7H7NS.C7H12O4/c8-7(9)6-4-2-1-3-5-6;8-6(9)4-2-1-3-5-7(10)11/h1-5H,(H2,8,9);1-5H2,(H,8,9)(H,10,11). The van der Waals surface area contributed by atoms with Gasteiger partial charge in [0.05, 0.1) is 0 Å². The number of hydrogen-bond donors (Lipinski definition) is 3. The molecule has 0 atom stereocenters. The van der Waals surface area contributed by atoms with Crippen molar-refractivity contribution in [2.45, 2.75) is 32.1 Å². The second-order valence-electron chi connectivity index (χ2n) is 4.08. The van der Waals surface area contributed by atoms with Gasteiger partial charge in [0, 0.05) is 18.4 Å². The first kappa shape index (κ1) is 18.0. The molecular weight excluding hydrogens is 278 g/mol. The van der Waals surface area contributed by atoms with Crippen molar-refractivity contribution in [3.05, 3.63) is 35.9 Å². The molecule has 4 N–H and O–H groups in total. The van der Waals surface area contributed by atoms with E-state index in [9.17, 15) is 9.59 Å². The molecule has 0 saturated heterocycles. The molecule has 1 rings (SSSR count). The summed E-state index contributed by atoms with van der Waals surface area (Å²) >= 11 is 4.74. The van der Waals surface area contributed by atoms with E-state index in [1.54, 1.807) is 0 Å². The summed E-state index contributed by atoms with van der Waals surface area (Å²) in [6.07, 6.45) is 2.10. The van der Waals surface area contributed by atoms with Crippen molar-refractivity contribution in [2.75, 3.05) is 0 Å². The van der Waals surface area contributed by atoms with E-state index in [1.165, 1.54) is 0 Å². The molecule has 1 aromatic carbocycles. The van der Waals surface area contributed by atoms with E-state index in [4.69, 9.17) is 28.2 Å². The molecule has 0 radical (unpaired) electrons. The van der Waals surface area contributed by atoms with Crippen LogP contribution in [-0.4, -0.2) is 27.1 Å². The third kappa shape index (κ3) is 11.2. The lowest BCUT2D eigenvalue weighted by molar-refractivity contribution is -0.137. The first-order valence-corrected chi connectivity index (χ1v) is 6.62. The lowest BCUT2D eigenvalue weighted by Gasteiger charge is -1.94. The molecule has 0 aromatic heterocycles. The van der Waals surface area contributed by atoms with Gasteiger partial charge in [-0.3, -0.25) is 9.59 Å². The predicted molar refractivity (Wildman–Crippen MR) is 80.7 cm³/mol. The van der Waals surface area contributed by atoms with Gasteiger partial charge in [0.15, 0.2) is 0 Å². The van der Waals surface area contributed by atoms with E-state index < -0.39 is 11.9 Å². The summed E-state index contributed by atoms with van der Waals surface area (Å²) in [7, 11) is 0. The normalized spacial score (nSPS) is 9.20. The molecule has 0 unspecified atom stereocenters. The fourth-order valence-corrected chi connectivity index (χ4v) is 1.47. The summed E-state index contributed by atoms with van der Waals surface area (Å²) in [5, 5.41) is 16.4. The molecule has 0 fully saturated rings. The quantitative estimate of drug-likeness (QED) is 0.528. The number of hydrogen-bond acceptors (Lipinski definition) is 3. The minimum absolute atomic E-state index is 0.139. The van der Waals surface area contributed by atoms with E-state index in [0.717, 1.165) is 5.56 Å². The summed E-state index contributed by atoms with van der Waals surface area (Å²) in [5.74, 6) is -1.64. The van der Waals surface area contributed by atoms with Crippen LogP contribution in [0.25, 0.3) is 0 Å². The number of thiocarbonyl (C=S) groups is 1. The maximum absolute atomic E-state index is 9.98. The van der Waals surface area contributed by atoms with Crippen LogP contribution in [0.1, 0.15) is 37.7 Å². The smallest absolute Gasteiger partial charge is 0.303 e. The second kappa shape index (κ2) is 10.9. The number of benzene rings is 1. The average Bonchev–Trinajstić information content (AvgIpc) is 2.39. The number of carboxylic acid groups (broad SMARTS) is 2. The number of rotatable bonds is 7.